The summed E-state index contributed by atoms with van der Waals surface area (Å²) in [4.78, 5) is 0. The number of rotatable bonds is 14. The standard InChI is InChI=1S/C19H41N/c1-6-11-14-17(10-5)16-19(20-15-9-4)18(12-7-2)13-8-3/h17-20H,6-16H2,1-5H3. The van der Waals surface area contributed by atoms with Crippen LogP contribution >= 0.6 is 0 Å². The Labute approximate surface area is 129 Å². The molecule has 1 N–H and O–H groups in total. The molecule has 0 amide bonds. The van der Waals surface area contributed by atoms with Crippen molar-refractivity contribution < 1.29 is 0 Å². The molecule has 1 nitrogen and oxygen atoms in total. The fourth-order valence-electron chi connectivity index (χ4n) is 3.40. The van der Waals surface area contributed by atoms with Crippen molar-refractivity contribution in [2.24, 2.45) is 11.8 Å². The summed E-state index contributed by atoms with van der Waals surface area (Å²) >= 11 is 0. The third-order valence-electron chi connectivity index (χ3n) is 4.68. The van der Waals surface area contributed by atoms with E-state index < -0.39 is 0 Å². The fraction of sp³-hybridized carbons (Fsp3) is 1.00. The van der Waals surface area contributed by atoms with Crippen LogP contribution in [0.4, 0.5) is 0 Å². The molecule has 2 unspecified atom stereocenters. The first-order valence-corrected chi connectivity index (χ1v) is 9.46. The number of hydrogen-bond acceptors (Lipinski definition) is 1. The normalized spacial score (nSPS) is 14.7. The van der Waals surface area contributed by atoms with Gasteiger partial charge in [-0.2, -0.15) is 0 Å². The van der Waals surface area contributed by atoms with Crippen LogP contribution in [0.1, 0.15) is 98.8 Å². The minimum atomic E-state index is 0.761. The van der Waals surface area contributed by atoms with Crippen molar-refractivity contribution in [3.63, 3.8) is 0 Å². The highest BCUT2D eigenvalue weighted by atomic mass is 14.9. The van der Waals surface area contributed by atoms with Gasteiger partial charge in [0.25, 0.3) is 0 Å². The predicted molar refractivity (Wildman–Crippen MR) is 93.3 cm³/mol. The molecular formula is C19H41N. The van der Waals surface area contributed by atoms with Crippen LogP contribution in [-0.2, 0) is 0 Å². The Bertz CT molecular complexity index is 184. The van der Waals surface area contributed by atoms with Gasteiger partial charge in [-0.15, -0.1) is 0 Å². The average molecular weight is 284 g/mol. The molecule has 122 valence electrons. The highest BCUT2D eigenvalue weighted by Gasteiger charge is 2.22. The molecule has 0 saturated carbocycles. The zero-order valence-electron chi connectivity index (χ0n) is 15.0. The summed E-state index contributed by atoms with van der Waals surface area (Å²) in [6.45, 7) is 12.9. The maximum Gasteiger partial charge on any atom is 0.00979 e. The Balaban J connectivity index is 4.54. The van der Waals surface area contributed by atoms with Gasteiger partial charge >= 0.3 is 0 Å². The zero-order valence-corrected chi connectivity index (χ0v) is 15.0. The first-order valence-electron chi connectivity index (χ1n) is 9.46. The molecule has 1 heteroatoms. The van der Waals surface area contributed by atoms with E-state index >= 15 is 0 Å². The van der Waals surface area contributed by atoms with E-state index in [1.807, 2.05) is 0 Å². The van der Waals surface area contributed by atoms with E-state index in [2.05, 4.69) is 39.9 Å². The van der Waals surface area contributed by atoms with Crippen molar-refractivity contribution in [3.8, 4) is 0 Å². The van der Waals surface area contributed by atoms with Gasteiger partial charge in [0.1, 0.15) is 0 Å². The molecule has 0 rings (SSSR count). The van der Waals surface area contributed by atoms with Gasteiger partial charge in [-0.05, 0) is 44.1 Å². The Morgan fingerprint density at radius 3 is 1.85 bits per heavy atom. The number of nitrogens with one attached hydrogen (secondary N) is 1. The van der Waals surface area contributed by atoms with Gasteiger partial charge in [0, 0.05) is 6.04 Å². The van der Waals surface area contributed by atoms with Crippen LogP contribution in [0, 0.1) is 11.8 Å². The SMILES string of the molecule is CCCCC(CC)CC(NCCC)C(CCC)CCC. The third kappa shape index (κ3) is 9.00. The molecule has 0 aliphatic rings. The monoisotopic (exact) mass is 283 g/mol. The second kappa shape index (κ2) is 13.9. The Hall–Kier alpha value is -0.0400. The smallest absolute Gasteiger partial charge is 0.00979 e. The molecule has 2 atom stereocenters. The molecule has 0 spiro atoms. The van der Waals surface area contributed by atoms with Gasteiger partial charge in [-0.3, -0.25) is 0 Å². The molecule has 0 fully saturated rings. The van der Waals surface area contributed by atoms with Crippen molar-refractivity contribution >= 4 is 0 Å². The average Bonchev–Trinajstić information content (AvgIpc) is 2.46. The van der Waals surface area contributed by atoms with E-state index in [9.17, 15) is 0 Å². The van der Waals surface area contributed by atoms with Gasteiger partial charge < -0.3 is 5.32 Å². The molecule has 0 radical (unpaired) electrons. The van der Waals surface area contributed by atoms with Crippen molar-refractivity contribution in [2.45, 2.75) is 105 Å². The molecule has 0 aliphatic heterocycles. The molecule has 0 aromatic heterocycles. The van der Waals surface area contributed by atoms with Gasteiger partial charge in [0.15, 0.2) is 0 Å². The second-order valence-corrected chi connectivity index (χ2v) is 6.55. The van der Waals surface area contributed by atoms with Crippen molar-refractivity contribution in [1.29, 1.82) is 0 Å². The lowest BCUT2D eigenvalue weighted by molar-refractivity contribution is 0.251. The summed E-state index contributed by atoms with van der Waals surface area (Å²) in [5.41, 5.74) is 0. The molecule has 0 heterocycles. The van der Waals surface area contributed by atoms with E-state index in [1.165, 1.54) is 70.8 Å². The molecule has 0 bridgehead atoms. The van der Waals surface area contributed by atoms with Crippen LogP contribution in [0.5, 0.6) is 0 Å². The van der Waals surface area contributed by atoms with Crippen molar-refractivity contribution in [2.75, 3.05) is 6.54 Å². The fourth-order valence-corrected chi connectivity index (χ4v) is 3.40. The summed E-state index contributed by atoms with van der Waals surface area (Å²) in [6.07, 6.45) is 13.7. The number of unbranched alkanes of at least 4 members (excludes halogenated alkanes) is 1. The maximum atomic E-state index is 3.88. The minimum Gasteiger partial charge on any atom is -0.314 e. The highest BCUT2D eigenvalue weighted by molar-refractivity contribution is 4.79. The Morgan fingerprint density at radius 1 is 0.750 bits per heavy atom. The van der Waals surface area contributed by atoms with E-state index in [-0.39, 0.29) is 0 Å². The van der Waals surface area contributed by atoms with E-state index in [4.69, 9.17) is 0 Å². The van der Waals surface area contributed by atoms with Crippen LogP contribution in [-0.4, -0.2) is 12.6 Å². The van der Waals surface area contributed by atoms with E-state index in [1.54, 1.807) is 0 Å². The van der Waals surface area contributed by atoms with Crippen LogP contribution in [0.15, 0.2) is 0 Å². The van der Waals surface area contributed by atoms with Crippen molar-refractivity contribution in [3.05, 3.63) is 0 Å². The topological polar surface area (TPSA) is 12.0 Å². The van der Waals surface area contributed by atoms with Crippen molar-refractivity contribution in [1.82, 2.24) is 5.32 Å². The highest BCUT2D eigenvalue weighted by Crippen LogP contribution is 2.26. The Kier molecular flexibility index (Phi) is 13.9. The summed E-state index contributed by atoms with van der Waals surface area (Å²) in [5.74, 6) is 1.83. The second-order valence-electron chi connectivity index (χ2n) is 6.55. The van der Waals surface area contributed by atoms with Gasteiger partial charge in [-0.1, -0.05) is 73.1 Å². The van der Waals surface area contributed by atoms with Crippen LogP contribution in [0.25, 0.3) is 0 Å². The molecule has 20 heavy (non-hydrogen) atoms. The van der Waals surface area contributed by atoms with Crippen LogP contribution in [0.2, 0.25) is 0 Å². The number of hydrogen-bond donors (Lipinski definition) is 1. The van der Waals surface area contributed by atoms with Crippen LogP contribution in [0.3, 0.4) is 0 Å². The summed E-state index contributed by atoms with van der Waals surface area (Å²) in [7, 11) is 0. The molecule has 0 saturated heterocycles. The third-order valence-corrected chi connectivity index (χ3v) is 4.68. The lowest BCUT2D eigenvalue weighted by Gasteiger charge is -2.31. The summed E-state index contributed by atoms with van der Waals surface area (Å²) < 4.78 is 0. The van der Waals surface area contributed by atoms with Gasteiger partial charge in [0.05, 0.1) is 0 Å². The van der Waals surface area contributed by atoms with E-state index in [0.717, 1.165) is 17.9 Å². The first kappa shape index (κ1) is 20.0. The molecule has 0 aromatic rings. The first-order chi connectivity index (χ1) is 9.73. The predicted octanol–water partition coefficient (Wildman–Crippen LogP) is 6.18. The minimum absolute atomic E-state index is 0.761. The lowest BCUT2D eigenvalue weighted by Crippen LogP contribution is -2.38. The molecule has 0 aromatic carbocycles. The van der Waals surface area contributed by atoms with Gasteiger partial charge in [0.2, 0.25) is 0 Å². The lowest BCUT2D eigenvalue weighted by atomic mass is 9.82. The molecular weight excluding hydrogens is 242 g/mol. The largest absolute Gasteiger partial charge is 0.314 e. The molecule has 0 aliphatic carbocycles. The Morgan fingerprint density at radius 2 is 1.40 bits per heavy atom. The van der Waals surface area contributed by atoms with Gasteiger partial charge in [-0.25, -0.2) is 0 Å². The maximum absolute atomic E-state index is 3.88. The zero-order chi connectivity index (χ0) is 15.2. The van der Waals surface area contributed by atoms with E-state index in [0.29, 0.717) is 0 Å². The van der Waals surface area contributed by atoms with Crippen LogP contribution < -0.4 is 5.32 Å². The summed E-state index contributed by atoms with van der Waals surface area (Å²) in [5, 5.41) is 3.88. The quantitative estimate of drug-likeness (QED) is 0.401. The summed E-state index contributed by atoms with van der Waals surface area (Å²) in [6, 6.07) is 0.761.